The van der Waals surface area contributed by atoms with Gasteiger partial charge in [0.25, 0.3) is 0 Å². The summed E-state index contributed by atoms with van der Waals surface area (Å²) in [5.41, 5.74) is 2.44. The third-order valence-corrected chi connectivity index (χ3v) is 4.58. The summed E-state index contributed by atoms with van der Waals surface area (Å²) in [7, 11) is 0. The van der Waals surface area contributed by atoms with Crippen LogP contribution in [-0.4, -0.2) is 6.54 Å². The fourth-order valence-electron chi connectivity index (χ4n) is 2.07. The van der Waals surface area contributed by atoms with Crippen LogP contribution in [-0.2, 0) is 24.5 Å². The number of ether oxygens (including phenoxy) is 1. The number of benzene rings is 1. The van der Waals surface area contributed by atoms with Crippen molar-refractivity contribution >= 4 is 22.9 Å². The van der Waals surface area contributed by atoms with E-state index in [1.54, 1.807) is 0 Å². The summed E-state index contributed by atoms with van der Waals surface area (Å²) in [6.07, 6.45) is 1.17. The first kappa shape index (κ1) is 16.5. The van der Waals surface area contributed by atoms with E-state index in [4.69, 9.17) is 16.3 Å². The largest absolute Gasteiger partial charge is 0.372 e. The molecule has 1 aromatic carbocycles. The molecule has 2 rings (SSSR count). The van der Waals surface area contributed by atoms with Crippen LogP contribution in [0, 0.1) is 6.92 Å². The summed E-state index contributed by atoms with van der Waals surface area (Å²) in [6.45, 7) is 7.65. The summed E-state index contributed by atoms with van der Waals surface area (Å²) in [5.74, 6) is 0. The van der Waals surface area contributed by atoms with Crippen LogP contribution in [0.4, 0.5) is 0 Å². The van der Waals surface area contributed by atoms with Crippen molar-refractivity contribution in [3.63, 3.8) is 0 Å². The average Bonchev–Trinajstić information content (AvgIpc) is 2.82. The first-order chi connectivity index (χ1) is 10.2. The third-order valence-electron chi connectivity index (χ3n) is 3.24. The Bertz CT molecular complexity index is 550. The number of hydrogen-bond acceptors (Lipinski definition) is 3. The second-order valence-electron chi connectivity index (χ2n) is 5.09. The van der Waals surface area contributed by atoms with Gasteiger partial charge >= 0.3 is 0 Å². The molecule has 1 heterocycles. The monoisotopic (exact) mass is 323 g/mol. The molecule has 114 valence electrons. The second kappa shape index (κ2) is 8.54. The molecule has 2 nitrogen and oxygen atoms in total. The van der Waals surface area contributed by atoms with Crippen LogP contribution in [0.15, 0.2) is 30.3 Å². The maximum Gasteiger partial charge on any atom is 0.0732 e. The molecule has 4 heteroatoms. The van der Waals surface area contributed by atoms with Gasteiger partial charge in [-0.1, -0.05) is 30.7 Å². The molecule has 1 N–H and O–H groups in total. The lowest BCUT2D eigenvalue weighted by Gasteiger charge is -2.04. The Morgan fingerprint density at radius 3 is 2.67 bits per heavy atom. The molecule has 0 aliphatic heterocycles. The summed E-state index contributed by atoms with van der Waals surface area (Å²) in [5, 5.41) is 4.20. The van der Waals surface area contributed by atoms with E-state index in [1.807, 2.05) is 35.6 Å². The molecule has 21 heavy (non-hydrogen) atoms. The molecule has 0 atom stereocenters. The van der Waals surface area contributed by atoms with E-state index in [9.17, 15) is 0 Å². The molecular weight excluding hydrogens is 302 g/mol. The van der Waals surface area contributed by atoms with E-state index in [0.717, 1.165) is 23.7 Å². The minimum atomic E-state index is 0.621. The highest BCUT2D eigenvalue weighted by molar-refractivity contribution is 7.12. The average molecular weight is 324 g/mol. The lowest BCUT2D eigenvalue weighted by Crippen LogP contribution is -2.12. The summed E-state index contributed by atoms with van der Waals surface area (Å²) < 4.78 is 5.81. The van der Waals surface area contributed by atoms with E-state index in [1.165, 1.54) is 21.7 Å². The minimum Gasteiger partial charge on any atom is -0.372 e. The van der Waals surface area contributed by atoms with E-state index >= 15 is 0 Å². The maximum atomic E-state index is 5.87. The molecule has 0 radical (unpaired) electrons. The van der Waals surface area contributed by atoms with Crippen molar-refractivity contribution in [2.24, 2.45) is 0 Å². The Balaban J connectivity index is 1.81. The van der Waals surface area contributed by atoms with Gasteiger partial charge in [0.2, 0.25) is 0 Å². The number of aryl methyl sites for hydroxylation is 1. The molecule has 1 aromatic heterocycles. The predicted octanol–water partition coefficient (Wildman–Crippen LogP) is 4.93. The van der Waals surface area contributed by atoms with E-state index in [0.29, 0.717) is 13.2 Å². The van der Waals surface area contributed by atoms with Crippen molar-refractivity contribution in [3.05, 3.63) is 56.2 Å². The van der Waals surface area contributed by atoms with Gasteiger partial charge in [0.05, 0.1) is 13.2 Å². The molecule has 0 saturated carbocycles. The third kappa shape index (κ3) is 5.44. The molecule has 0 fully saturated rings. The van der Waals surface area contributed by atoms with Gasteiger partial charge in [-0.05, 0) is 49.2 Å². The first-order valence-corrected chi connectivity index (χ1v) is 8.49. The van der Waals surface area contributed by atoms with Gasteiger partial charge < -0.3 is 10.1 Å². The van der Waals surface area contributed by atoms with Crippen LogP contribution in [0.1, 0.15) is 34.2 Å². The highest BCUT2D eigenvalue weighted by Gasteiger charge is 2.05. The van der Waals surface area contributed by atoms with Crippen molar-refractivity contribution in [2.75, 3.05) is 6.54 Å². The number of halogens is 1. The van der Waals surface area contributed by atoms with Crippen LogP contribution in [0.5, 0.6) is 0 Å². The second-order valence-corrected chi connectivity index (χ2v) is 6.87. The van der Waals surface area contributed by atoms with Crippen molar-refractivity contribution in [3.8, 4) is 0 Å². The van der Waals surface area contributed by atoms with Crippen molar-refractivity contribution < 1.29 is 4.74 Å². The zero-order chi connectivity index (χ0) is 15.1. The standard InChI is InChI=1S/C17H22ClNOS/c1-3-8-19-10-17-9-15(13(2)21-17)12-20-11-14-4-6-16(18)7-5-14/h4-7,9,19H,3,8,10-12H2,1-2H3. The topological polar surface area (TPSA) is 21.3 Å². The van der Waals surface area contributed by atoms with Gasteiger partial charge in [-0.2, -0.15) is 0 Å². The molecule has 0 aliphatic carbocycles. The molecule has 0 spiro atoms. The number of nitrogens with one attached hydrogen (secondary N) is 1. The molecule has 0 saturated heterocycles. The zero-order valence-electron chi connectivity index (χ0n) is 12.6. The van der Waals surface area contributed by atoms with Crippen LogP contribution in [0.25, 0.3) is 0 Å². The molecule has 0 bridgehead atoms. The SMILES string of the molecule is CCCNCc1cc(COCc2ccc(Cl)cc2)c(C)s1. The van der Waals surface area contributed by atoms with Gasteiger partial charge in [-0.15, -0.1) is 11.3 Å². The lowest BCUT2D eigenvalue weighted by molar-refractivity contribution is 0.107. The normalized spacial score (nSPS) is 11.0. The highest BCUT2D eigenvalue weighted by Crippen LogP contribution is 2.22. The molecule has 0 unspecified atom stereocenters. The molecular formula is C17H22ClNOS. The smallest absolute Gasteiger partial charge is 0.0732 e. The van der Waals surface area contributed by atoms with Crippen LogP contribution in [0.2, 0.25) is 5.02 Å². The van der Waals surface area contributed by atoms with Crippen LogP contribution in [0.3, 0.4) is 0 Å². The zero-order valence-corrected chi connectivity index (χ0v) is 14.2. The number of thiophene rings is 1. The Kier molecular flexibility index (Phi) is 6.71. The van der Waals surface area contributed by atoms with E-state index in [-0.39, 0.29) is 0 Å². The van der Waals surface area contributed by atoms with Crippen molar-refractivity contribution in [1.29, 1.82) is 0 Å². The van der Waals surface area contributed by atoms with Gasteiger partial charge in [-0.25, -0.2) is 0 Å². The van der Waals surface area contributed by atoms with E-state index in [2.05, 4.69) is 25.2 Å². The van der Waals surface area contributed by atoms with Gasteiger partial charge in [0.15, 0.2) is 0 Å². The molecule has 2 aromatic rings. The van der Waals surface area contributed by atoms with Gasteiger partial charge in [0.1, 0.15) is 0 Å². The predicted molar refractivity (Wildman–Crippen MR) is 91.0 cm³/mol. The Hall–Kier alpha value is -0.870. The Morgan fingerprint density at radius 1 is 1.19 bits per heavy atom. The lowest BCUT2D eigenvalue weighted by atomic mass is 10.2. The first-order valence-electron chi connectivity index (χ1n) is 7.30. The Labute approximate surface area is 136 Å². The van der Waals surface area contributed by atoms with Crippen molar-refractivity contribution in [2.45, 2.75) is 40.0 Å². The van der Waals surface area contributed by atoms with Gasteiger partial charge in [0, 0.05) is 21.3 Å². The van der Waals surface area contributed by atoms with Crippen LogP contribution < -0.4 is 5.32 Å². The van der Waals surface area contributed by atoms with Crippen LogP contribution >= 0.6 is 22.9 Å². The summed E-state index contributed by atoms with van der Waals surface area (Å²) in [6, 6.07) is 10.1. The highest BCUT2D eigenvalue weighted by atomic mass is 35.5. The number of hydrogen-bond donors (Lipinski definition) is 1. The number of rotatable bonds is 8. The summed E-state index contributed by atoms with van der Waals surface area (Å²) >= 11 is 7.72. The minimum absolute atomic E-state index is 0.621. The van der Waals surface area contributed by atoms with Crippen molar-refractivity contribution in [1.82, 2.24) is 5.32 Å². The van der Waals surface area contributed by atoms with Gasteiger partial charge in [-0.3, -0.25) is 0 Å². The quantitative estimate of drug-likeness (QED) is 0.696. The summed E-state index contributed by atoms with van der Waals surface area (Å²) in [4.78, 5) is 2.73. The maximum absolute atomic E-state index is 5.87. The fourth-order valence-corrected chi connectivity index (χ4v) is 3.21. The van der Waals surface area contributed by atoms with E-state index < -0.39 is 0 Å². The molecule has 0 amide bonds. The molecule has 0 aliphatic rings. The Morgan fingerprint density at radius 2 is 1.95 bits per heavy atom. The fraction of sp³-hybridized carbons (Fsp3) is 0.412.